The Balaban J connectivity index is 2.56. The molecule has 0 N–H and O–H groups in total. The summed E-state index contributed by atoms with van der Waals surface area (Å²) in [6.07, 6.45) is 0.127. The standard InChI is InChI=1S/C14H10F2N2O/c1-19-14-11(6-5-9(18-14)7-8-17)10-3-2-4-12(15)13(10)16/h2-6H,7H2,1H3. The molecule has 0 saturated heterocycles. The molecule has 0 aliphatic heterocycles. The summed E-state index contributed by atoms with van der Waals surface area (Å²) in [5.74, 6) is -1.71. The van der Waals surface area contributed by atoms with Crippen LogP contribution in [0.3, 0.4) is 0 Å². The van der Waals surface area contributed by atoms with Crippen LogP contribution in [0, 0.1) is 23.0 Å². The average molecular weight is 260 g/mol. The van der Waals surface area contributed by atoms with Gasteiger partial charge in [0.15, 0.2) is 11.6 Å². The molecular formula is C14H10F2N2O. The lowest BCUT2D eigenvalue weighted by Crippen LogP contribution is -1.98. The van der Waals surface area contributed by atoms with E-state index in [0.717, 1.165) is 6.07 Å². The molecule has 0 aliphatic rings. The van der Waals surface area contributed by atoms with E-state index in [4.69, 9.17) is 10.00 Å². The number of nitriles is 1. The number of pyridine rings is 1. The molecule has 1 aromatic heterocycles. The summed E-state index contributed by atoms with van der Waals surface area (Å²) in [7, 11) is 1.39. The van der Waals surface area contributed by atoms with Gasteiger partial charge in [0.2, 0.25) is 5.88 Å². The van der Waals surface area contributed by atoms with Gasteiger partial charge in [-0.25, -0.2) is 13.8 Å². The molecule has 96 valence electrons. The Morgan fingerprint density at radius 3 is 2.68 bits per heavy atom. The molecular weight excluding hydrogens is 250 g/mol. The number of aromatic nitrogens is 1. The van der Waals surface area contributed by atoms with Gasteiger partial charge in [-0.3, -0.25) is 0 Å². The molecule has 1 aromatic carbocycles. The summed E-state index contributed by atoms with van der Waals surface area (Å²) in [4.78, 5) is 4.09. The van der Waals surface area contributed by atoms with E-state index in [2.05, 4.69) is 4.98 Å². The normalized spacial score (nSPS) is 10.0. The van der Waals surface area contributed by atoms with Gasteiger partial charge in [-0.2, -0.15) is 5.26 Å². The number of hydrogen-bond donors (Lipinski definition) is 0. The molecule has 3 nitrogen and oxygen atoms in total. The van der Waals surface area contributed by atoms with Gasteiger partial charge in [0.1, 0.15) is 0 Å². The average Bonchev–Trinajstić information content (AvgIpc) is 2.42. The molecule has 0 radical (unpaired) electrons. The van der Waals surface area contributed by atoms with Crippen LogP contribution in [-0.4, -0.2) is 12.1 Å². The Morgan fingerprint density at radius 2 is 2.00 bits per heavy atom. The highest BCUT2D eigenvalue weighted by atomic mass is 19.2. The minimum atomic E-state index is -0.948. The van der Waals surface area contributed by atoms with Gasteiger partial charge in [0, 0.05) is 11.1 Å². The van der Waals surface area contributed by atoms with E-state index in [1.54, 1.807) is 12.1 Å². The minimum absolute atomic E-state index is 0.0767. The third-order valence-electron chi connectivity index (χ3n) is 2.61. The molecule has 0 bridgehead atoms. The summed E-state index contributed by atoms with van der Waals surface area (Å²) in [6.45, 7) is 0. The van der Waals surface area contributed by atoms with Crippen molar-refractivity contribution in [2.75, 3.05) is 7.11 Å². The largest absolute Gasteiger partial charge is 0.481 e. The maximum Gasteiger partial charge on any atom is 0.221 e. The molecule has 0 fully saturated rings. The maximum absolute atomic E-state index is 13.7. The third kappa shape index (κ3) is 2.52. The van der Waals surface area contributed by atoms with Crippen molar-refractivity contribution in [2.24, 2.45) is 0 Å². The first-order chi connectivity index (χ1) is 9.17. The highest BCUT2D eigenvalue weighted by Crippen LogP contribution is 2.31. The minimum Gasteiger partial charge on any atom is -0.481 e. The summed E-state index contributed by atoms with van der Waals surface area (Å²) < 4.78 is 32.0. The molecule has 0 aliphatic carbocycles. The molecule has 0 unspecified atom stereocenters. The first-order valence-corrected chi connectivity index (χ1v) is 5.52. The SMILES string of the molecule is COc1nc(CC#N)ccc1-c1cccc(F)c1F. The number of benzene rings is 1. The van der Waals surface area contributed by atoms with E-state index >= 15 is 0 Å². The highest BCUT2D eigenvalue weighted by Gasteiger charge is 2.15. The van der Waals surface area contributed by atoms with E-state index < -0.39 is 11.6 Å². The third-order valence-corrected chi connectivity index (χ3v) is 2.61. The number of halogens is 2. The fourth-order valence-electron chi connectivity index (χ4n) is 1.73. The predicted molar refractivity (Wildman–Crippen MR) is 65.5 cm³/mol. The first kappa shape index (κ1) is 13.0. The summed E-state index contributed by atoms with van der Waals surface area (Å²) >= 11 is 0. The van der Waals surface area contributed by atoms with E-state index in [9.17, 15) is 8.78 Å². The highest BCUT2D eigenvalue weighted by molar-refractivity contribution is 5.69. The Labute approximate surface area is 109 Å². The maximum atomic E-state index is 13.7. The van der Waals surface area contributed by atoms with Gasteiger partial charge in [0.25, 0.3) is 0 Å². The molecule has 1 heterocycles. The van der Waals surface area contributed by atoms with E-state index in [0.29, 0.717) is 11.3 Å². The predicted octanol–water partition coefficient (Wildman–Crippen LogP) is 3.10. The van der Waals surface area contributed by atoms with Crippen LogP contribution in [-0.2, 0) is 6.42 Å². The van der Waals surface area contributed by atoms with Crippen LogP contribution in [0.15, 0.2) is 30.3 Å². The zero-order valence-electron chi connectivity index (χ0n) is 10.2. The fourth-order valence-corrected chi connectivity index (χ4v) is 1.73. The van der Waals surface area contributed by atoms with Crippen molar-refractivity contribution in [3.05, 3.63) is 47.7 Å². The second kappa shape index (κ2) is 5.44. The van der Waals surface area contributed by atoms with Crippen molar-refractivity contribution in [3.63, 3.8) is 0 Å². The van der Waals surface area contributed by atoms with E-state index in [1.807, 2.05) is 6.07 Å². The number of nitrogens with zero attached hydrogens (tertiary/aromatic N) is 2. The smallest absolute Gasteiger partial charge is 0.221 e. The molecule has 19 heavy (non-hydrogen) atoms. The quantitative estimate of drug-likeness (QED) is 0.851. The molecule has 0 saturated carbocycles. The van der Waals surface area contributed by atoms with Crippen molar-refractivity contribution in [1.82, 2.24) is 4.98 Å². The first-order valence-electron chi connectivity index (χ1n) is 5.52. The summed E-state index contributed by atoms with van der Waals surface area (Å²) in [5.41, 5.74) is 0.939. The molecule has 2 aromatic rings. The van der Waals surface area contributed by atoms with Gasteiger partial charge in [-0.05, 0) is 18.2 Å². The van der Waals surface area contributed by atoms with Crippen LogP contribution in [0.5, 0.6) is 5.88 Å². The number of hydrogen-bond acceptors (Lipinski definition) is 3. The van der Waals surface area contributed by atoms with Gasteiger partial charge in [-0.15, -0.1) is 0 Å². The number of methoxy groups -OCH3 is 1. The Hall–Kier alpha value is -2.48. The van der Waals surface area contributed by atoms with Crippen LogP contribution in [0.4, 0.5) is 8.78 Å². The van der Waals surface area contributed by atoms with Crippen LogP contribution in [0.25, 0.3) is 11.1 Å². The fraction of sp³-hybridized carbons (Fsp3) is 0.143. The summed E-state index contributed by atoms with van der Waals surface area (Å²) in [6, 6.07) is 9.02. The molecule has 2 rings (SSSR count). The van der Waals surface area contributed by atoms with Crippen molar-refractivity contribution in [3.8, 4) is 23.1 Å². The lowest BCUT2D eigenvalue weighted by Gasteiger charge is -2.09. The van der Waals surface area contributed by atoms with Crippen molar-refractivity contribution in [2.45, 2.75) is 6.42 Å². The Morgan fingerprint density at radius 1 is 1.21 bits per heavy atom. The van der Waals surface area contributed by atoms with Gasteiger partial charge < -0.3 is 4.74 Å². The lowest BCUT2D eigenvalue weighted by molar-refractivity contribution is 0.398. The lowest BCUT2D eigenvalue weighted by atomic mass is 10.1. The number of rotatable bonds is 3. The topological polar surface area (TPSA) is 45.9 Å². The Kier molecular flexibility index (Phi) is 3.71. The monoisotopic (exact) mass is 260 g/mol. The van der Waals surface area contributed by atoms with Gasteiger partial charge in [0.05, 0.1) is 25.3 Å². The Bertz CT molecular complexity index is 650. The van der Waals surface area contributed by atoms with Crippen molar-refractivity contribution < 1.29 is 13.5 Å². The van der Waals surface area contributed by atoms with Gasteiger partial charge in [-0.1, -0.05) is 12.1 Å². The van der Waals surface area contributed by atoms with E-state index in [1.165, 1.54) is 19.2 Å². The van der Waals surface area contributed by atoms with E-state index in [-0.39, 0.29) is 17.9 Å². The van der Waals surface area contributed by atoms with Crippen molar-refractivity contribution >= 4 is 0 Å². The summed E-state index contributed by atoms with van der Waals surface area (Å²) in [5, 5.41) is 8.61. The van der Waals surface area contributed by atoms with Gasteiger partial charge >= 0.3 is 0 Å². The molecule has 0 atom stereocenters. The molecule has 5 heteroatoms. The molecule has 0 amide bonds. The van der Waals surface area contributed by atoms with Crippen LogP contribution in [0.1, 0.15) is 5.69 Å². The van der Waals surface area contributed by atoms with Crippen LogP contribution >= 0.6 is 0 Å². The molecule has 0 spiro atoms. The van der Waals surface area contributed by atoms with Crippen molar-refractivity contribution in [1.29, 1.82) is 5.26 Å². The van der Waals surface area contributed by atoms with Crippen LogP contribution in [0.2, 0.25) is 0 Å². The second-order valence-electron chi connectivity index (χ2n) is 3.80. The number of ether oxygens (including phenoxy) is 1. The second-order valence-corrected chi connectivity index (χ2v) is 3.80. The zero-order valence-corrected chi connectivity index (χ0v) is 10.2. The van der Waals surface area contributed by atoms with Crippen LogP contribution < -0.4 is 4.74 Å². The zero-order chi connectivity index (χ0) is 13.8.